The predicted molar refractivity (Wildman–Crippen MR) is 54.5 cm³/mol. The van der Waals surface area contributed by atoms with Crippen LogP contribution in [-0.4, -0.2) is 4.98 Å². The van der Waals surface area contributed by atoms with Crippen LogP contribution in [0.1, 0.15) is 0 Å². The van der Waals surface area contributed by atoms with Gasteiger partial charge in [0, 0.05) is 17.6 Å². The minimum Gasteiger partial charge on any atom is -0.323 e. The SMILES string of the molecule is NNc1ccnc2cc(F)c(Cl)cc12. The smallest absolute Gasteiger partial charge is 0.143 e. The Morgan fingerprint density at radius 3 is 2.93 bits per heavy atom. The van der Waals surface area contributed by atoms with Crippen LogP contribution in [0.4, 0.5) is 10.1 Å². The number of halogens is 2. The second-order valence-electron chi connectivity index (χ2n) is 2.79. The van der Waals surface area contributed by atoms with Gasteiger partial charge in [-0.2, -0.15) is 0 Å². The average Bonchev–Trinajstić information content (AvgIpc) is 2.19. The first kappa shape index (κ1) is 9.18. The van der Waals surface area contributed by atoms with Gasteiger partial charge >= 0.3 is 0 Å². The van der Waals surface area contributed by atoms with Gasteiger partial charge in [0.1, 0.15) is 5.82 Å². The third-order valence-corrected chi connectivity index (χ3v) is 2.23. The fourth-order valence-electron chi connectivity index (χ4n) is 1.27. The Hall–Kier alpha value is -1.39. The number of hydrogen-bond donors (Lipinski definition) is 2. The monoisotopic (exact) mass is 211 g/mol. The van der Waals surface area contributed by atoms with Gasteiger partial charge in [0.15, 0.2) is 0 Å². The van der Waals surface area contributed by atoms with E-state index < -0.39 is 5.82 Å². The van der Waals surface area contributed by atoms with E-state index in [0.717, 1.165) is 0 Å². The van der Waals surface area contributed by atoms with Crippen molar-refractivity contribution < 1.29 is 4.39 Å². The van der Waals surface area contributed by atoms with Gasteiger partial charge in [-0.3, -0.25) is 10.8 Å². The number of hydrogen-bond acceptors (Lipinski definition) is 3. The summed E-state index contributed by atoms with van der Waals surface area (Å²) in [7, 11) is 0. The number of nitrogens with one attached hydrogen (secondary N) is 1. The maximum Gasteiger partial charge on any atom is 0.143 e. The molecule has 2 aromatic rings. The number of benzene rings is 1. The van der Waals surface area contributed by atoms with Crippen LogP contribution in [0.25, 0.3) is 10.9 Å². The van der Waals surface area contributed by atoms with Crippen LogP contribution in [0.2, 0.25) is 5.02 Å². The molecule has 3 N–H and O–H groups in total. The molecular formula is C9H7ClFN3. The molecule has 0 bridgehead atoms. The molecule has 0 saturated carbocycles. The molecule has 5 heteroatoms. The van der Waals surface area contributed by atoms with Gasteiger partial charge in [-0.15, -0.1) is 0 Å². The summed E-state index contributed by atoms with van der Waals surface area (Å²) in [6.07, 6.45) is 1.55. The Kier molecular flexibility index (Phi) is 2.23. The lowest BCUT2D eigenvalue weighted by atomic mass is 10.2. The van der Waals surface area contributed by atoms with Gasteiger partial charge in [-0.1, -0.05) is 11.6 Å². The van der Waals surface area contributed by atoms with Crippen molar-refractivity contribution in [2.45, 2.75) is 0 Å². The summed E-state index contributed by atoms with van der Waals surface area (Å²) >= 11 is 5.65. The summed E-state index contributed by atoms with van der Waals surface area (Å²) in [6, 6.07) is 4.46. The summed E-state index contributed by atoms with van der Waals surface area (Å²) in [5.41, 5.74) is 3.68. The molecule has 0 unspecified atom stereocenters. The summed E-state index contributed by atoms with van der Waals surface area (Å²) < 4.78 is 13.1. The second-order valence-corrected chi connectivity index (χ2v) is 3.19. The highest BCUT2D eigenvalue weighted by atomic mass is 35.5. The van der Waals surface area contributed by atoms with Crippen LogP contribution < -0.4 is 11.3 Å². The minimum atomic E-state index is -0.485. The third kappa shape index (κ3) is 1.38. The van der Waals surface area contributed by atoms with E-state index in [0.29, 0.717) is 16.6 Å². The van der Waals surface area contributed by atoms with Crippen LogP contribution in [0, 0.1) is 5.82 Å². The maximum atomic E-state index is 13.1. The first-order valence-electron chi connectivity index (χ1n) is 3.93. The molecular weight excluding hydrogens is 205 g/mol. The molecule has 2 rings (SSSR count). The van der Waals surface area contributed by atoms with Crippen LogP contribution in [0.5, 0.6) is 0 Å². The van der Waals surface area contributed by atoms with Crippen LogP contribution in [0.15, 0.2) is 24.4 Å². The Balaban J connectivity index is 2.81. The molecule has 0 aliphatic carbocycles. The molecule has 0 aliphatic rings. The number of rotatable bonds is 1. The van der Waals surface area contributed by atoms with Crippen molar-refractivity contribution in [3.8, 4) is 0 Å². The fourth-order valence-corrected chi connectivity index (χ4v) is 1.43. The van der Waals surface area contributed by atoms with Crippen molar-refractivity contribution in [2.75, 3.05) is 5.43 Å². The lowest BCUT2D eigenvalue weighted by Gasteiger charge is -2.05. The summed E-state index contributed by atoms with van der Waals surface area (Å²) in [5.74, 6) is 4.80. The first-order chi connectivity index (χ1) is 6.72. The van der Waals surface area contributed by atoms with Gasteiger partial charge in [0.05, 0.1) is 16.2 Å². The van der Waals surface area contributed by atoms with Crippen molar-refractivity contribution in [2.24, 2.45) is 5.84 Å². The maximum absolute atomic E-state index is 13.1. The Morgan fingerprint density at radius 2 is 2.21 bits per heavy atom. The Labute approximate surface area is 84.7 Å². The number of nitrogens with zero attached hydrogens (tertiary/aromatic N) is 1. The zero-order chi connectivity index (χ0) is 10.1. The lowest BCUT2D eigenvalue weighted by Crippen LogP contribution is -2.07. The van der Waals surface area contributed by atoms with Crippen molar-refractivity contribution in [3.63, 3.8) is 0 Å². The number of pyridine rings is 1. The van der Waals surface area contributed by atoms with Crippen LogP contribution in [0.3, 0.4) is 0 Å². The first-order valence-corrected chi connectivity index (χ1v) is 4.30. The molecule has 1 aromatic heterocycles. The summed E-state index contributed by atoms with van der Waals surface area (Å²) in [6.45, 7) is 0. The van der Waals surface area contributed by atoms with Gasteiger partial charge in [0.25, 0.3) is 0 Å². The van der Waals surface area contributed by atoms with Crippen LogP contribution >= 0.6 is 11.6 Å². The van der Waals surface area contributed by atoms with Crippen molar-refractivity contribution in [3.05, 3.63) is 35.2 Å². The van der Waals surface area contributed by atoms with E-state index in [4.69, 9.17) is 17.4 Å². The normalized spacial score (nSPS) is 10.5. The zero-order valence-electron chi connectivity index (χ0n) is 7.09. The molecule has 1 heterocycles. The molecule has 1 aromatic carbocycles. The number of nitrogens with two attached hydrogens (primary N) is 1. The van der Waals surface area contributed by atoms with Crippen molar-refractivity contribution in [1.29, 1.82) is 0 Å². The molecule has 14 heavy (non-hydrogen) atoms. The largest absolute Gasteiger partial charge is 0.323 e. The number of nitrogen functional groups attached to an aromatic ring is 1. The Morgan fingerprint density at radius 1 is 1.43 bits per heavy atom. The number of aromatic nitrogens is 1. The summed E-state index contributed by atoms with van der Waals surface area (Å²) in [4.78, 5) is 4.00. The van der Waals surface area contributed by atoms with Gasteiger partial charge in [-0.25, -0.2) is 4.39 Å². The molecule has 0 fully saturated rings. The molecule has 3 nitrogen and oxygen atoms in total. The van der Waals surface area contributed by atoms with E-state index in [9.17, 15) is 4.39 Å². The van der Waals surface area contributed by atoms with Crippen LogP contribution in [-0.2, 0) is 0 Å². The number of anilines is 1. The molecule has 0 aliphatic heterocycles. The molecule has 72 valence electrons. The Bertz CT molecular complexity index is 487. The molecule has 0 atom stereocenters. The van der Waals surface area contributed by atoms with E-state index >= 15 is 0 Å². The average molecular weight is 212 g/mol. The van der Waals surface area contributed by atoms with E-state index in [1.165, 1.54) is 12.1 Å². The third-order valence-electron chi connectivity index (χ3n) is 1.94. The van der Waals surface area contributed by atoms with Crippen molar-refractivity contribution >= 4 is 28.2 Å². The van der Waals surface area contributed by atoms with E-state index in [2.05, 4.69) is 10.4 Å². The number of fused-ring (bicyclic) bond motifs is 1. The topological polar surface area (TPSA) is 50.9 Å². The number of hydrazine groups is 1. The quantitative estimate of drug-likeness (QED) is 0.562. The fraction of sp³-hybridized carbons (Fsp3) is 0. The standard InChI is InChI=1S/C9H7ClFN3/c10-6-3-5-8(14-12)1-2-13-9(5)4-7(6)11/h1-4H,12H2,(H,13,14). The second kappa shape index (κ2) is 3.40. The highest BCUT2D eigenvalue weighted by molar-refractivity contribution is 6.31. The van der Waals surface area contributed by atoms with Crippen molar-refractivity contribution in [1.82, 2.24) is 4.98 Å². The van der Waals surface area contributed by atoms with E-state index in [1.807, 2.05) is 0 Å². The highest BCUT2D eigenvalue weighted by Crippen LogP contribution is 2.26. The molecule has 0 saturated heterocycles. The lowest BCUT2D eigenvalue weighted by molar-refractivity contribution is 0.630. The zero-order valence-corrected chi connectivity index (χ0v) is 7.85. The minimum absolute atomic E-state index is 0.0574. The van der Waals surface area contributed by atoms with Gasteiger partial charge in [-0.05, 0) is 12.1 Å². The molecule has 0 radical (unpaired) electrons. The summed E-state index contributed by atoms with van der Waals surface area (Å²) in [5, 5.41) is 0.753. The molecule has 0 amide bonds. The highest BCUT2D eigenvalue weighted by Gasteiger charge is 2.05. The van der Waals surface area contributed by atoms with E-state index in [-0.39, 0.29) is 5.02 Å². The molecule has 0 spiro atoms. The predicted octanol–water partition coefficient (Wildman–Crippen LogP) is 2.31. The van der Waals surface area contributed by atoms with Gasteiger partial charge < -0.3 is 5.43 Å². The van der Waals surface area contributed by atoms with Gasteiger partial charge in [0.2, 0.25) is 0 Å². The van der Waals surface area contributed by atoms with E-state index in [1.54, 1.807) is 12.3 Å².